The highest BCUT2D eigenvalue weighted by molar-refractivity contribution is 14.1. The lowest BCUT2D eigenvalue weighted by Gasteiger charge is -2.44. The molecule has 3 N–H and O–H groups in total. The lowest BCUT2D eigenvalue weighted by atomic mass is 9.68. The molecule has 0 spiro atoms. The summed E-state index contributed by atoms with van der Waals surface area (Å²) >= 11 is 2.06. The lowest BCUT2D eigenvalue weighted by molar-refractivity contribution is -0.137. The second-order valence-corrected chi connectivity index (χ2v) is 21.2. The number of ether oxygens (including phenoxy) is 2. The summed E-state index contributed by atoms with van der Waals surface area (Å²) in [4.78, 5) is 41.1. The van der Waals surface area contributed by atoms with Crippen LogP contribution in [-0.2, 0) is 18.8 Å². The highest BCUT2D eigenvalue weighted by Crippen LogP contribution is 2.48. The van der Waals surface area contributed by atoms with Crippen molar-refractivity contribution < 1.29 is 43.6 Å². The molecule has 304 valence electrons. The topological polar surface area (TPSA) is 143 Å². The van der Waals surface area contributed by atoms with Gasteiger partial charge in [-0.05, 0) is 97.2 Å². The van der Waals surface area contributed by atoms with Crippen molar-refractivity contribution in [3.05, 3.63) is 129 Å². The van der Waals surface area contributed by atoms with Crippen LogP contribution >= 0.6 is 22.6 Å². The van der Waals surface area contributed by atoms with E-state index in [4.69, 9.17) is 13.9 Å². The van der Waals surface area contributed by atoms with Crippen molar-refractivity contribution in [2.75, 3.05) is 27.4 Å². The van der Waals surface area contributed by atoms with Gasteiger partial charge in [0, 0.05) is 5.92 Å². The van der Waals surface area contributed by atoms with Crippen LogP contribution in [0, 0.1) is 21.3 Å². The number of phenols is 1. The van der Waals surface area contributed by atoms with Gasteiger partial charge in [-0.2, -0.15) is 4.90 Å². The Bertz CT molecular complexity index is 2150. The third kappa shape index (κ3) is 8.30. The van der Waals surface area contributed by atoms with Crippen molar-refractivity contribution in [1.82, 2.24) is 4.90 Å². The second kappa shape index (κ2) is 18.1. The van der Waals surface area contributed by atoms with Crippen LogP contribution < -0.4 is 15.1 Å². The zero-order valence-electron chi connectivity index (χ0n) is 33.4. The van der Waals surface area contributed by atoms with E-state index in [1.807, 2.05) is 78.9 Å². The largest absolute Gasteiger partial charge is 0.504 e. The van der Waals surface area contributed by atoms with Gasteiger partial charge in [0.05, 0.1) is 48.9 Å². The average Bonchev–Trinajstić information content (AvgIpc) is 3.48. The molecule has 4 aromatic rings. The van der Waals surface area contributed by atoms with Crippen molar-refractivity contribution in [1.29, 1.82) is 0 Å². The van der Waals surface area contributed by atoms with Gasteiger partial charge >= 0.3 is 6.09 Å². The minimum absolute atomic E-state index is 0.0201. The van der Waals surface area contributed by atoms with Crippen LogP contribution in [0.5, 0.6) is 11.5 Å². The molecule has 2 aliphatic rings. The molecule has 4 atom stereocenters. The number of carbonyl (C=O) groups excluding carboxylic acids is 3. The van der Waals surface area contributed by atoms with Gasteiger partial charge in [0.2, 0.25) is 11.8 Å². The van der Waals surface area contributed by atoms with E-state index in [0.29, 0.717) is 31.8 Å². The Morgan fingerprint density at radius 2 is 1.52 bits per heavy atom. The molecular formula is C46H50INO9Si. The number of aromatic hydroxyl groups is 1. The maximum Gasteiger partial charge on any atom is 0.423 e. The van der Waals surface area contributed by atoms with Crippen molar-refractivity contribution in [3.63, 3.8) is 0 Å². The van der Waals surface area contributed by atoms with E-state index >= 15 is 0 Å². The molecule has 1 saturated heterocycles. The summed E-state index contributed by atoms with van der Waals surface area (Å²) in [6.45, 7) is 5.95. The standard InChI is InChI=1S/C46H50INO9Si/c1-46(2,3)58(33-17-11-7-12-18-33,34-19-13-8-14-20-34)57-28-32-26-35-41(44(53)48(43(35)52)45(54)56-5)36(27-49)40(32)38(50)22-21-31(30-15-9-6-10-16-30)23-29-24-37(47)42(51)39(25-29)55-4/h6-20,23-25,35-36,38,41,49-51H,21-22,26-28H2,1-5H3/b31-23-/t35-,36+,38-,41-/m1/s1. The van der Waals surface area contributed by atoms with E-state index in [0.717, 1.165) is 34.2 Å². The molecule has 1 heterocycles. The summed E-state index contributed by atoms with van der Waals surface area (Å²) < 4.78 is 18.2. The Hall–Kier alpha value is -4.60. The van der Waals surface area contributed by atoms with Gasteiger partial charge in [-0.3, -0.25) is 9.59 Å². The minimum atomic E-state index is -3.12. The molecule has 1 aliphatic carbocycles. The monoisotopic (exact) mass is 915 g/mol. The van der Waals surface area contributed by atoms with Crippen LogP contribution in [0.2, 0.25) is 5.04 Å². The number of nitrogens with zero attached hydrogens (tertiary/aromatic N) is 1. The Kier molecular flexibility index (Phi) is 13.4. The first-order valence-electron chi connectivity index (χ1n) is 19.3. The number of amides is 3. The van der Waals surface area contributed by atoms with E-state index < -0.39 is 56.7 Å². The molecule has 0 unspecified atom stereocenters. The molecule has 0 saturated carbocycles. The van der Waals surface area contributed by atoms with Crippen molar-refractivity contribution in [2.24, 2.45) is 17.8 Å². The fourth-order valence-corrected chi connectivity index (χ4v) is 13.9. The Morgan fingerprint density at radius 1 is 0.931 bits per heavy atom. The normalized spacial score (nSPS) is 19.3. The van der Waals surface area contributed by atoms with Gasteiger partial charge in [0.25, 0.3) is 8.32 Å². The Labute approximate surface area is 354 Å². The molecule has 0 radical (unpaired) electrons. The third-order valence-corrected chi connectivity index (χ3v) is 17.2. The second-order valence-electron chi connectivity index (χ2n) is 15.8. The highest BCUT2D eigenvalue weighted by atomic mass is 127. The number of hydrogen-bond donors (Lipinski definition) is 3. The zero-order chi connectivity index (χ0) is 41.8. The van der Waals surface area contributed by atoms with Gasteiger partial charge in [0.15, 0.2) is 11.5 Å². The maximum absolute atomic E-state index is 13.9. The first kappa shape index (κ1) is 43.0. The molecule has 3 amide bonds. The number of halogens is 1. The van der Waals surface area contributed by atoms with E-state index in [9.17, 15) is 29.7 Å². The smallest absolute Gasteiger partial charge is 0.423 e. The highest BCUT2D eigenvalue weighted by Gasteiger charge is 2.58. The minimum Gasteiger partial charge on any atom is -0.504 e. The number of hydrogen-bond acceptors (Lipinski definition) is 9. The maximum atomic E-state index is 13.9. The van der Waals surface area contributed by atoms with Crippen molar-refractivity contribution in [3.8, 4) is 11.5 Å². The zero-order valence-corrected chi connectivity index (χ0v) is 36.5. The Morgan fingerprint density at radius 3 is 2.05 bits per heavy atom. The molecule has 1 fully saturated rings. The van der Waals surface area contributed by atoms with Gasteiger partial charge in [-0.25, -0.2) is 4.79 Å². The fourth-order valence-electron chi connectivity index (χ4n) is 8.75. The lowest BCUT2D eigenvalue weighted by Crippen LogP contribution is -2.66. The number of rotatable bonds is 13. The number of aliphatic hydroxyl groups is 2. The summed E-state index contributed by atoms with van der Waals surface area (Å²) in [6.07, 6.45) is 0.379. The van der Waals surface area contributed by atoms with Crippen molar-refractivity contribution >= 4 is 70.8 Å². The summed E-state index contributed by atoms with van der Waals surface area (Å²) in [7, 11) is -0.520. The molecule has 6 rings (SSSR count). The van der Waals surface area contributed by atoms with E-state index in [1.165, 1.54) is 7.11 Å². The van der Waals surface area contributed by atoms with Crippen molar-refractivity contribution in [2.45, 2.75) is 51.2 Å². The van der Waals surface area contributed by atoms with Gasteiger partial charge in [-0.1, -0.05) is 118 Å². The number of aliphatic hydroxyl groups excluding tert-OH is 2. The summed E-state index contributed by atoms with van der Waals surface area (Å²) in [5.41, 5.74) is 3.68. The number of allylic oxidation sites excluding steroid dienone is 1. The van der Waals surface area contributed by atoms with E-state index in [-0.39, 0.29) is 30.2 Å². The quantitative estimate of drug-likeness (QED) is 0.0428. The number of likely N-dealkylation sites (tertiary alicyclic amines) is 1. The van der Waals surface area contributed by atoms with Crippen LogP contribution in [-0.4, -0.2) is 80.0 Å². The summed E-state index contributed by atoms with van der Waals surface area (Å²) in [5, 5.41) is 35.7. The predicted octanol–water partition coefficient (Wildman–Crippen LogP) is 6.94. The predicted molar refractivity (Wildman–Crippen MR) is 234 cm³/mol. The number of imide groups is 3. The van der Waals surface area contributed by atoms with E-state index in [2.05, 4.69) is 67.6 Å². The van der Waals surface area contributed by atoms with Gasteiger partial charge < -0.3 is 29.2 Å². The number of carbonyl (C=O) groups is 3. The first-order chi connectivity index (χ1) is 27.8. The fraction of sp³-hybridized carbons (Fsp3) is 0.326. The molecule has 0 aromatic heterocycles. The number of methoxy groups -OCH3 is 2. The van der Waals surface area contributed by atoms with Crippen LogP contribution in [0.3, 0.4) is 0 Å². The SMILES string of the molecule is COC(=O)N1C(=O)[C@@H]2[C@@H](CC(CO[Si](c3ccccc3)(c3ccccc3)C(C)(C)C)=C([C@H](O)CC/C(=C/c3cc(I)c(O)c(OC)c3)c3ccccc3)[C@@H]2CO)C1=O. The molecule has 4 aromatic carbocycles. The number of benzene rings is 4. The number of phenolic OH excluding ortho intramolecular Hbond substituents is 1. The first-order valence-corrected chi connectivity index (χ1v) is 22.3. The van der Waals surface area contributed by atoms with Crippen LogP contribution in [0.1, 0.15) is 51.2 Å². The van der Waals surface area contributed by atoms with Gasteiger partial charge in [0.1, 0.15) is 0 Å². The molecule has 1 aliphatic heterocycles. The summed E-state index contributed by atoms with van der Waals surface area (Å²) in [6, 6.07) is 33.6. The third-order valence-electron chi connectivity index (χ3n) is 11.4. The van der Waals surface area contributed by atoms with Crippen LogP contribution in [0.4, 0.5) is 4.79 Å². The average molecular weight is 916 g/mol. The molecule has 58 heavy (non-hydrogen) atoms. The molecule has 10 nitrogen and oxygen atoms in total. The molecule has 12 heteroatoms. The van der Waals surface area contributed by atoms with Crippen LogP contribution in [0.25, 0.3) is 11.6 Å². The Balaban J connectivity index is 1.45. The molecular weight excluding hydrogens is 865 g/mol. The summed E-state index contributed by atoms with van der Waals surface area (Å²) in [5.74, 6) is -4.06. The number of fused-ring (bicyclic) bond motifs is 1. The molecule has 0 bridgehead atoms. The van der Waals surface area contributed by atoms with E-state index in [1.54, 1.807) is 6.07 Å². The van der Waals surface area contributed by atoms with Gasteiger partial charge in [-0.15, -0.1) is 0 Å². The van der Waals surface area contributed by atoms with Crippen LogP contribution in [0.15, 0.2) is 114 Å².